The van der Waals surface area contributed by atoms with Crippen molar-refractivity contribution in [3.05, 3.63) is 17.3 Å². The Morgan fingerprint density at radius 1 is 1.64 bits per heavy atom. The number of rotatable bonds is 2. The number of ketones is 1. The van der Waals surface area contributed by atoms with Crippen LogP contribution >= 0.6 is 0 Å². The molecule has 2 N–H and O–H groups in total. The maximum atomic E-state index is 10.9. The number of carbonyl (C=O) groups is 1. The van der Waals surface area contributed by atoms with Crippen molar-refractivity contribution in [3.63, 3.8) is 0 Å². The molecule has 1 rings (SSSR count). The smallest absolute Gasteiger partial charge is 0.264 e. The zero-order valence-electron chi connectivity index (χ0n) is 6.55. The molecule has 0 saturated carbocycles. The number of Topliss-reactive ketones (excluding diaryl/α,β-unsaturated/α-hetero) is 1. The Bertz CT molecular complexity index is 258. The van der Waals surface area contributed by atoms with Gasteiger partial charge in [-0.15, -0.1) is 0 Å². The fraction of sp³-hybridized carbons (Fsp3) is 0.429. The minimum atomic E-state index is -0.263. The van der Waals surface area contributed by atoms with Gasteiger partial charge in [-0.1, -0.05) is 0 Å². The molecule has 1 aromatic rings. The maximum absolute atomic E-state index is 10.9. The van der Waals surface area contributed by atoms with Gasteiger partial charge in [0.2, 0.25) is 5.78 Å². The molecule has 60 valence electrons. The number of carbonyl (C=O) groups excluding carboxylic acids is 1. The van der Waals surface area contributed by atoms with Gasteiger partial charge in [0.25, 0.3) is 5.89 Å². The molecule has 4 heteroatoms. The molecule has 0 atom stereocenters. The zero-order valence-corrected chi connectivity index (χ0v) is 6.55. The van der Waals surface area contributed by atoms with E-state index in [2.05, 4.69) is 4.98 Å². The van der Waals surface area contributed by atoms with Gasteiger partial charge in [0.1, 0.15) is 5.76 Å². The van der Waals surface area contributed by atoms with Gasteiger partial charge in [-0.2, -0.15) is 0 Å². The van der Waals surface area contributed by atoms with Crippen LogP contribution in [0.2, 0.25) is 0 Å². The second-order valence-corrected chi connectivity index (χ2v) is 2.29. The molecular weight excluding hydrogens is 144 g/mol. The van der Waals surface area contributed by atoms with E-state index in [0.29, 0.717) is 5.76 Å². The van der Waals surface area contributed by atoms with Gasteiger partial charge in [-0.05, 0) is 13.8 Å². The lowest BCUT2D eigenvalue weighted by Crippen LogP contribution is -2.13. The van der Waals surface area contributed by atoms with Gasteiger partial charge >= 0.3 is 0 Å². The molecule has 0 fully saturated rings. The highest BCUT2D eigenvalue weighted by atomic mass is 16.4. The zero-order chi connectivity index (χ0) is 8.43. The van der Waals surface area contributed by atoms with E-state index in [-0.39, 0.29) is 18.2 Å². The van der Waals surface area contributed by atoms with Gasteiger partial charge < -0.3 is 10.2 Å². The summed E-state index contributed by atoms with van der Waals surface area (Å²) in [5.41, 5.74) is 5.85. The number of hydrogen-bond acceptors (Lipinski definition) is 4. The summed E-state index contributed by atoms with van der Waals surface area (Å²) in [5, 5.41) is 0. The highest BCUT2D eigenvalue weighted by Crippen LogP contribution is 2.07. The van der Waals surface area contributed by atoms with E-state index < -0.39 is 0 Å². The monoisotopic (exact) mass is 154 g/mol. The fourth-order valence-corrected chi connectivity index (χ4v) is 0.679. The molecule has 0 saturated heterocycles. The van der Waals surface area contributed by atoms with E-state index in [9.17, 15) is 4.79 Å². The van der Waals surface area contributed by atoms with Crippen LogP contribution in [0, 0.1) is 13.8 Å². The third-order valence-corrected chi connectivity index (χ3v) is 1.45. The molecule has 0 radical (unpaired) electrons. The quantitative estimate of drug-likeness (QED) is 0.627. The summed E-state index contributed by atoms with van der Waals surface area (Å²) < 4.78 is 5.03. The van der Waals surface area contributed by atoms with Crippen molar-refractivity contribution in [2.24, 2.45) is 5.73 Å². The lowest BCUT2D eigenvalue weighted by molar-refractivity contribution is 0.0967. The Labute approximate surface area is 64.4 Å². The molecule has 4 nitrogen and oxygen atoms in total. The molecule has 11 heavy (non-hydrogen) atoms. The molecule has 0 aliphatic heterocycles. The average Bonchev–Trinajstić information content (AvgIpc) is 2.31. The normalized spacial score (nSPS) is 10.1. The summed E-state index contributed by atoms with van der Waals surface area (Å²) in [6, 6.07) is 0. The fourth-order valence-electron chi connectivity index (χ4n) is 0.679. The standard InChI is InChI=1S/C7H10N2O2/c1-4-5(2)11-7(9-4)6(10)3-8/h3,8H2,1-2H3. The maximum Gasteiger partial charge on any atom is 0.264 e. The lowest BCUT2D eigenvalue weighted by atomic mass is 10.4. The van der Waals surface area contributed by atoms with Gasteiger partial charge in [0, 0.05) is 0 Å². The molecule has 0 aliphatic carbocycles. The molecule has 0 spiro atoms. The van der Waals surface area contributed by atoms with Crippen LogP contribution in [0.25, 0.3) is 0 Å². The van der Waals surface area contributed by atoms with Gasteiger partial charge in [0.05, 0.1) is 12.2 Å². The minimum Gasteiger partial charge on any atom is -0.439 e. The lowest BCUT2D eigenvalue weighted by Gasteiger charge is -1.86. The van der Waals surface area contributed by atoms with Crippen LogP contribution < -0.4 is 5.73 Å². The molecule has 0 unspecified atom stereocenters. The van der Waals surface area contributed by atoms with Crippen molar-refractivity contribution in [1.29, 1.82) is 0 Å². The van der Waals surface area contributed by atoms with Crippen molar-refractivity contribution >= 4 is 5.78 Å². The van der Waals surface area contributed by atoms with Crippen LogP contribution in [0.1, 0.15) is 22.1 Å². The summed E-state index contributed by atoms with van der Waals surface area (Å²) in [4.78, 5) is 14.8. The van der Waals surface area contributed by atoms with Crippen LogP contribution in [0.4, 0.5) is 0 Å². The van der Waals surface area contributed by atoms with Crippen LogP contribution in [0.3, 0.4) is 0 Å². The van der Waals surface area contributed by atoms with E-state index in [1.807, 2.05) is 0 Å². The van der Waals surface area contributed by atoms with Crippen molar-refractivity contribution in [1.82, 2.24) is 4.98 Å². The first-order valence-corrected chi connectivity index (χ1v) is 3.32. The predicted molar refractivity (Wildman–Crippen MR) is 39.4 cm³/mol. The molecular formula is C7H10N2O2. The van der Waals surface area contributed by atoms with Gasteiger partial charge in [-0.25, -0.2) is 4.98 Å². The Morgan fingerprint density at radius 2 is 2.27 bits per heavy atom. The summed E-state index contributed by atoms with van der Waals surface area (Å²) in [6.45, 7) is 3.49. The Kier molecular flexibility index (Phi) is 2.05. The second kappa shape index (κ2) is 2.84. The Hall–Kier alpha value is -1.16. The highest BCUT2D eigenvalue weighted by Gasteiger charge is 2.11. The Balaban J connectivity index is 2.97. The van der Waals surface area contributed by atoms with Crippen molar-refractivity contribution < 1.29 is 9.21 Å². The van der Waals surface area contributed by atoms with E-state index in [0.717, 1.165) is 5.69 Å². The number of hydrogen-bond donors (Lipinski definition) is 1. The number of nitrogens with zero attached hydrogens (tertiary/aromatic N) is 1. The van der Waals surface area contributed by atoms with E-state index in [4.69, 9.17) is 10.2 Å². The molecule has 0 aromatic carbocycles. The average molecular weight is 154 g/mol. The first-order chi connectivity index (χ1) is 5.15. The molecule has 0 amide bonds. The minimum absolute atomic E-state index is 0.0562. The first kappa shape index (κ1) is 7.94. The van der Waals surface area contributed by atoms with Crippen LogP contribution in [-0.2, 0) is 0 Å². The third kappa shape index (κ3) is 1.46. The van der Waals surface area contributed by atoms with E-state index in [1.165, 1.54) is 0 Å². The number of aryl methyl sites for hydroxylation is 2. The summed E-state index contributed by atoms with van der Waals surface area (Å²) >= 11 is 0. The SMILES string of the molecule is Cc1nc(C(=O)CN)oc1C. The van der Waals surface area contributed by atoms with E-state index >= 15 is 0 Å². The van der Waals surface area contributed by atoms with Crippen molar-refractivity contribution in [2.45, 2.75) is 13.8 Å². The molecule has 1 heterocycles. The number of oxazole rings is 1. The van der Waals surface area contributed by atoms with Gasteiger partial charge in [0.15, 0.2) is 0 Å². The topological polar surface area (TPSA) is 69.1 Å². The van der Waals surface area contributed by atoms with Crippen molar-refractivity contribution in [3.8, 4) is 0 Å². The second-order valence-electron chi connectivity index (χ2n) is 2.29. The van der Waals surface area contributed by atoms with Crippen LogP contribution in [0.15, 0.2) is 4.42 Å². The third-order valence-electron chi connectivity index (χ3n) is 1.45. The summed E-state index contributed by atoms with van der Waals surface area (Å²) in [6.07, 6.45) is 0. The van der Waals surface area contributed by atoms with Crippen molar-refractivity contribution in [2.75, 3.05) is 6.54 Å². The van der Waals surface area contributed by atoms with E-state index in [1.54, 1.807) is 13.8 Å². The summed E-state index contributed by atoms with van der Waals surface area (Å²) in [5.74, 6) is 0.519. The molecule has 0 aliphatic rings. The van der Waals surface area contributed by atoms with Crippen LogP contribution in [0.5, 0.6) is 0 Å². The molecule has 1 aromatic heterocycles. The largest absolute Gasteiger partial charge is 0.439 e. The number of aromatic nitrogens is 1. The van der Waals surface area contributed by atoms with Gasteiger partial charge in [-0.3, -0.25) is 4.79 Å². The number of nitrogens with two attached hydrogens (primary N) is 1. The predicted octanol–water partition coefficient (Wildman–Crippen LogP) is 0.433. The highest BCUT2D eigenvalue weighted by molar-refractivity contribution is 5.93. The first-order valence-electron chi connectivity index (χ1n) is 3.32. The molecule has 0 bridgehead atoms. The van der Waals surface area contributed by atoms with Crippen LogP contribution in [-0.4, -0.2) is 17.3 Å². The summed E-state index contributed by atoms with van der Waals surface area (Å²) in [7, 11) is 0. The Morgan fingerprint density at radius 3 is 2.64 bits per heavy atom.